The minimum absolute atomic E-state index is 0.0135. The van der Waals surface area contributed by atoms with Crippen LogP contribution >= 0.6 is 23.2 Å². The van der Waals surface area contributed by atoms with Crippen molar-refractivity contribution in [3.63, 3.8) is 0 Å². The number of ether oxygens (including phenoxy) is 1. The third-order valence-electron chi connectivity index (χ3n) is 6.11. The normalized spacial score (nSPS) is 12.1. The molecule has 8 nitrogen and oxygen atoms in total. The summed E-state index contributed by atoms with van der Waals surface area (Å²) in [7, 11) is -2.72. The summed E-state index contributed by atoms with van der Waals surface area (Å²) in [6.07, 6.45) is 0.303. The second-order valence-corrected chi connectivity index (χ2v) is 12.0. The molecular weight excluding hydrogens is 573 g/mol. The highest BCUT2D eigenvalue weighted by molar-refractivity contribution is 7.92. The summed E-state index contributed by atoms with van der Waals surface area (Å²) in [6.45, 7) is 4.88. The molecule has 0 radical (unpaired) electrons. The lowest BCUT2D eigenvalue weighted by Gasteiger charge is -2.33. The predicted molar refractivity (Wildman–Crippen MR) is 158 cm³/mol. The van der Waals surface area contributed by atoms with Crippen LogP contribution in [0.2, 0.25) is 10.0 Å². The molecule has 214 valence electrons. The van der Waals surface area contributed by atoms with Crippen LogP contribution in [0.25, 0.3) is 0 Å². The standard InChI is InChI=1S/C29H33Cl2N3O5S/c1-5-25(29(36)32-20(2)3)33(18-21-11-9-12-22(17-21)39-4)27(35)19-34(26-16-10-15-24(30)28(26)31)40(37,38)23-13-7-6-8-14-23/h6-17,20,25H,5,18-19H2,1-4H3,(H,32,36)/t25-/m0/s1. The quantitative estimate of drug-likeness (QED) is 0.293. The lowest BCUT2D eigenvalue weighted by atomic mass is 10.1. The van der Waals surface area contributed by atoms with E-state index in [2.05, 4.69) is 5.32 Å². The van der Waals surface area contributed by atoms with Gasteiger partial charge in [-0.3, -0.25) is 13.9 Å². The van der Waals surface area contributed by atoms with Gasteiger partial charge in [0.15, 0.2) is 0 Å². The number of rotatable bonds is 12. The second-order valence-electron chi connectivity index (χ2n) is 9.36. The van der Waals surface area contributed by atoms with Crippen LogP contribution in [-0.2, 0) is 26.2 Å². The number of methoxy groups -OCH3 is 1. The Bertz CT molecular complexity index is 1430. The van der Waals surface area contributed by atoms with Crippen molar-refractivity contribution < 1.29 is 22.7 Å². The van der Waals surface area contributed by atoms with Crippen LogP contribution in [-0.4, -0.2) is 50.9 Å². The Morgan fingerprint density at radius 2 is 1.65 bits per heavy atom. The van der Waals surface area contributed by atoms with Crippen LogP contribution in [0.1, 0.15) is 32.8 Å². The van der Waals surface area contributed by atoms with Crippen molar-refractivity contribution in [1.29, 1.82) is 0 Å². The van der Waals surface area contributed by atoms with Crippen molar-refractivity contribution >= 4 is 50.7 Å². The Kier molecular flexibility index (Phi) is 10.8. The molecule has 0 aliphatic heterocycles. The van der Waals surface area contributed by atoms with E-state index in [0.717, 1.165) is 4.31 Å². The van der Waals surface area contributed by atoms with Gasteiger partial charge in [0.05, 0.1) is 27.7 Å². The zero-order valence-corrected chi connectivity index (χ0v) is 25.1. The van der Waals surface area contributed by atoms with Gasteiger partial charge in [-0.25, -0.2) is 8.42 Å². The van der Waals surface area contributed by atoms with E-state index in [4.69, 9.17) is 27.9 Å². The molecule has 0 unspecified atom stereocenters. The van der Waals surface area contributed by atoms with Gasteiger partial charge in [-0.15, -0.1) is 0 Å². The SMILES string of the molecule is CC[C@@H](C(=O)NC(C)C)N(Cc1cccc(OC)c1)C(=O)CN(c1cccc(Cl)c1Cl)S(=O)(=O)c1ccccc1. The molecule has 3 aromatic carbocycles. The van der Waals surface area contributed by atoms with Crippen LogP contribution in [0.15, 0.2) is 77.7 Å². The first-order chi connectivity index (χ1) is 19.0. The maximum atomic E-state index is 14.1. The van der Waals surface area contributed by atoms with Gasteiger partial charge in [-0.05, 0) is 62.2 Å². The Labute approximate surface area is 245 Å². The predicted octanol–water partition coefficient (Wildman–Crippen LogP) is 5.53. The van der Waals surface area contributed by atoms with Gasteiger partial charge in [0.1, 0.15) is 18.3 Å². The van der Waals surface area contributed by atoms with Gasteiger partial charge < -0.3 is 15.0 Å². The number of carbonyl (C=O) groups is 2. The van der Waals surface area contributed by atoms with Crippen molar-refractivity contribution in [3.8, 4) is 5.75 Å². The summed E-state index contributed by atoms with van der Waals surface area (Å²) in [5.41, 5.74) is 0.758. The average molecular weight is 607 g/mol. The topological polar surface area (TPSA) is 96.0 Å². The highest BCUT2D eigenvalue weighted by Gasteiger charge is 2.34. The third kappa shape index (κ3) is 7.47. The van der Waals surface area contributed by atoms with Gasteiger partial charge in [-0.1, -0.05) is 66.5 Å². The number of carbonyl (C=O) groups excluding carboxylic acids is 2. The molecule has 1 N–H and O–H groups in total. The molecule has 0 heterocycles. The number of hydrogen-bond donors (Lipinski definition) is 1. The van der Waals surface area contributed by atoms with Crippen LogP contribution in [0.3, 0.4) is 0 Å². The number of nitrogens with zero attached hydrogens (tertiary/aromatic N) is 2. The van der Waals surface area contributed by atoms with Crippen LogP contribution in [0, 0.1) is 0 Å². The highest BCUT2D eigenvalue weighted by Crippen LogP contribution is 2.35. The molecule has 1 atom stereocenters. The maximum absolute atomic E-state index is 14.1. The molecule has 3 rings (SSSR count). The fraction of sp³-hybridized carbons (Fsp3) is 0.310. The fourth-order valence-electron chi connectivity index (χ4n) is 4.19. The number of hydrogen-bond acceptors (Lipinski definition) is 5. The van der Waals surface area contributed by atoms with Crippen LogP contribution in [0.4, 0.5) is 5.69 Å². The maximum Gasteiger partial charge on any atom is 0.264 e. The Morgan fingerprint density at radius 1 is 0.975 bits per heavy atom. The second kappa shape index (κ2) is 13.9. The zero-order chi connectivity index (χ0) is 29.4. The van der Waals surface area contributed by atoms with Gasteiger partial charge in [-0.2, -0.15) is 0 Å². The molecule has 0 aliphatic rings. The summed E-state index contributed by atoms with van der Waals surface area (Å²) in [5.74, 6) is -0.348. The van der Waals surface area contributed by atoms with Crippen molar-refractivity contribution in [2.45, 2.75) is 50.7 Å². The van der Waals surface area contributed by atoms with E-state index < -0.39 is 28.5 Å². The Morgan fingerprint density at radius 3 is 2.27 bits per heavy atom. The van der Waals surface area contributed by atoms with E-state index in [1.54, 1.807) is 49.4 Å². The zero-order valence-electron chi connectivity index (χ0n) is 22.8. The first-order valence-electron chi connectivity index (χ1n) is 12.7. The summed E-state index contributed by atoms with van der Waals surface area (Å²) in [4.78, 5) is 28.7. The number of benzene rings is 3. The molecule has 2 amide bonds. The minimum Gasteiger partial charge on any atom is -0.497 e. The lowest BCUT2D eigenvalue weighted by molar-refractivity contribution is -0.140. The monoisotopic (exact) mass is 605 g/mol. The molecule has 0 fully saturated rings. The molecule has 11 heteroatoms. The van der Waals surface area contributed by atoms with E-state index in [0.29, 0.717) is 17.7 Å². The van der Waals surface area contributed by atoms with Crippen LogP contribution in [0.5, 0.6) is 5.75 Å². The van der Waals surface area contributed by atoms with E-state index in [9.17, 15) is 18.0 Å². The minimum atomic E-state index is -4.25. The molecule has 40 heavy (non-hydrogen) atoms. The summed E-state index contributed by atoms with van der Waals surface area (Å²) in [5, 5.41) is 2.99. The van der Waals surface area contributed by atoms with Gasteiger partial charge in [0, 0.05) is 12.6 Å². The van der Waals surface area contributed by atoms with Crippen molar-refractivity contribution in [1.82, 2.24) is 10.2 Å². The van der Waals surface area contributed by atoms with E-state index >= 15 is 0 Å². The number of nitrogens with one attached hydrogen (secondary N) is 1. The average Bonchev–Trinajstić information content (AvgIpc) is 2.93. The number of anilines is 1. The summed E-state index contributed by atoms with van der Waals surface area (Å²) >= 11 is 12.7. The summed E-state index contributed by atoms with van der Waals surface area (Å²) in [6, 6.07) is 18.4. The highest BCUT2D eigenvalue weighted by atomic mass is 35.5. The molecule has 3 aromatic rings. The van der Waals surface area contributed by atoms with Crippen LogP contribution < -0.4 is 14.4 Å². The Balaban J connectivity index is 2.10. The van der Waals surface area contributed by atoms with Gasteiger partial charge in [0.2, 0.25) is 11.8 Å². The summed E-state index contributed by atoms with van der Waals surface area (Å²) < 4.78 is 34.0. The lowest BCUT2D eigenvalue weighted by Crippen LogP contribution is -2.53. The van der Waals surface area contributed by atoms with Gasteiger partial charge >= 0.3 is 0 Å². The first kappa shape index (κ1) is 31.3. The molecule has 0 bridgehead atoms. The molecule has 0 spiro atoms. The van der Waals surface area contributed by atoms with Gasteiger partial charge in [0.25, 0.3) is 10.0 Å². The van der Waals surface area contributed by atoms with Crippen molar-refractivity contribution in [2.24, 2.45) is 0 Å². The molecule has 0 saturated carbocycles. The number of halogens is 2. The Hall–Kier alpha value is -3.27. The fourth-order valence-corrected chi connectivity index (χ4v) is 6.08. The van der Waals surface area contributed by atoms with E-state index in [1.807, 2.05) is 19.9 Å². The smallest absolute Gasteiger partial charge is 0.264 e. The van der Waals surface area contributed by atoms with Crippen molar-refractivity contribution in [2.75, 3.05) is 18.0 Å². The molecule has 0 aliphatic carbocycles. The van der Waals surface area contributed by atoms with Crippen molar-refractivity contribution in [3.05, 3.63) is 88.4 Å². The molecule has 0 saturated heterocycles. The van der Waals surface area contributed by atoms with E-state index in [-0.39, 0.29) is 39.1 Å². The number of sulfonamides is 1. The number of amides is 2. The largest absolute Gasteiger partial charge is 0.497 e. The van der Waals surface area contributed by atoms with E-state index in [1.165, 1.54) is 36.3 Å². The third-order valence-corrected chi connectivity index (χ3v) is 8.70. The first-order valence-corrected chi connectivity index (χ1v) is 14.9. The molecular formula is C29H33Cl2N3O5S. The molecule has 0 aromatic heterocycles.